The van der Waals surface area contributed by atoms with Crippen LogP contribution < -0.4 is 0 Å². The number of carbonyl (C=O) groups excluding carboxylic acids is 2. The van der Waals surface area contributed by atoms with Gasteiger partial charge in [0, 0.05) is 38.6 Å². The van der Waals surface area contributed by atoms with Gasteiger partial charge in [0.1, 0.15) is 6.10 Å². The largest absolute Gasteiger partial charge is 0.461 e. The van der Waals surface area contributed by atoms with Crippen LogP contribution in [-0.4, -0.2) is 67.3 Å². The minimum absolute atomic E-state index is 0.0328. The van der Waals surface area contributed by atoms with Gasteiger partial charge in [0.2, 0.25) is 0 Å². The molecule has 1 saturated carbocycles. The van der Waals surface area contributed by atoms with Gasteiger partial charge in [0.25, 0.3) is 0 Å². The molecule has 3 fully saturated rings. The predicted octanol–water partition coefficient (Wildman–Crippen LogP) is 3.07. The van der Waals surface area contributed by atoms with Crippen LogP contribution in [0.1, 0.15) is 46.5 Å². The Labute approximate surface area is 168 Å². The number of ether oxygens (including phenoxy) is 2. The molecule has 156 valence electrons. The number of allylic oxidation sites excluding steroid dienone is 1. The van der Waals surface area contributed by atoms with E-state index < -0.39 is 0 Å². The fourth-order valence-electron chi connectivity index (χ4n) is 5.86. The number of fused-ring (bicyclic) bond motifs is 2. The van der Waals surface area contributed by atoms with Crippen molar-refractivity contribution in [3.63, 3.8) is 0 Å². The Hall–Kier alpha value is -1.56. The molecule has 0 unspecified atom stereocenters. The van der Waals surface area contributed by atoms with Crippen LogP contribution in [0.4, 0.5) is 4.79 Å². The Balaban J connectivity index is 1.42. The van der Waals surface area contributed by atoms with E-state index in [0.717, 1.165) is 26.1 Å². The van der Waals surface area contributed by atoms with E-state index in [1.165, 1.54) is 19.3 Å². The Morgan fingerprint density at radius 1 is 1.32 bits per heavy atom. The summed E-state index contributed by atoms with van der Waals surface area (Å²) < 4.78 is 11.0. The highest BCUT2D eigenvalue weighted by Crippen LogP contribution is 2.53. The molecule has 4 rings (SSSR count). The van der Waals surface area contributed by atoms with Crippen molar-refractivity contribution in [2.45, 2.75) is 52.6 Å². The molecule has 6 nitrogen and oxygen atoms in total. The zero-order chi connectivity index (χ0) is 19.9. The van der Waals surface area contributed by atoms with Crippen LogP contribution in [0.15, 0.2) is 11.6 Å². The molecule has 0 spiro atoms. The summed E-state index contributed by atoms with van der Waals surface area (Å²) >= 11 is 0. The molecule has 2 aliphatic carbocycles. The maximum Gasteiger partial charge on any atom is 0.409 e. The van der Waals surface area contributed by atoms with Gasteiger partial charge in [-0.05, 0) is 37.5 Å². The summed E-state index contributed by atoms with van der Waals surface area (Å²) in [5.41, 5.74) is 1.77. The number of esters is 1. The monoisotopic (exact) mass is 390 g/mol. The third-order valence-corrected chi connectivity index (χ3v) is 7.43. The van der Waals surface area contributed by atoms with Gasteiger partial charge in [-0.15, -0.1) is 0 Å². The molecule has 5 atom stereocenters. The van der Waals surface area contributed by atoms with Crippen LogP contribution in [0.5, 0.6) is 0 Å². The van der Waals surface area contributed by atoms with Gasteiger partial charge in [0.05, 0.1) is 12.5 Å². The first-order chi connectivity index (χ1) is 13.4. The number of hydrogen-bond acceptors (Lipinski definition) is 5. The summed E-state index contributed by atoms with van der Waals surface area (Å²) in [6, 6.07) is 0. The van der Waals surface area contributed by atoms with Gasteiger partial charge in [-0.2, -0.15) is 0 Å². The number of hydrogen-bond donors (Lipinski definition) is 0. The molecule has 4 aliphatic rings. The lowest BCUT2D eigenvalue weighted by Gasteiger charge is -2.46. The number of amides is 1. The fourth-order valence-corrected chi connectivity index (χ4v) is 5.86. The van der Waals surface area contributed by atoms with E-state index in [-0.39, 0.29) is 35.4 Å². The lowest BCUT2D eigenvalue weighted by atomic mass is 9.59. The summed E-state index contributed by atoms with van der Waals surface area (Å²) in [4.78, 5) is 28.7. The molecule has 0 aromatic rings. The summed E-state index contributed by atoms with van der Waals surface area (Å²) in [6.07, 6.45) is 6.95. The zero-order valence-electron chi connectivity index (χ0n) is 17.5. The highest BCUT2D eigenvalue weighted by atomic mass is 16.6. The molecular weight excluding hydrogens is 356 g/mol. The van der Waals surface area contributed by atoms with E-state index in [4.69, 9.17) is 9.47 Å². The van der Waals surface area contributed by atoms with Gasteiger partial charge in [-0.1, -0.05) is 31.9 Å². The highest BCUT2D eigenvalue weighted by Gasteiger charge is 2.52. The van der Waals surface area contributed by atoms with Crippen LogP contribution in [-0.2, 0) is 14.3 Å². The van der Waals surface area contributed by atoms with Crippen molar-refractivity contribution in [2.75, 3.05) is 39.3 Å². The van der Waals surface area contributed by atoms with E-state index in [2.05, 4.69) is 24.8 Å². The SMILES string of the molecule is CCOC(=O)N1CCN(C[C@H]2C(=O)O[C@H]3C[C@@]4(C)CCC[C@@H](C)C4=C[C@@H]32)CC1. The van der Waals surface area contributed by atoms with Crippen molar-refractivity contribution in [1.29, 1.82) is 0 Å². The Morgan fingerprint density at radius 3 is 2.79 bits per heavy atom. The third kappa shape index (κ3) is 3.56. The number of piperazine rings is 1. The van der Waals surface area contributed by atoms with Crippen molar-refractivity contribution in [3.8, 4) is 0 Å². The average molecular weight is 391 g/mol. The van der Waals surface area contributed by atoms with Crippen molar-refractivity contribution in [1.82, 2.24) is 9.80 Å². The first-order valence-electron chi connectivity index (χ1n) is 11.0. The molecule has 2 heterocycles. The van der Waals surface area contributed by atoms with Crippen molar-refractivity contribution in [3.05, 3.63) is 11.6 Å². The van der Waals surface area contributed by atoms with Crippen LogP contribution in [0, 0.1) is 23.2 Å². The quantitative estimate of drug-likeness (QED) is 0.547. The molecular formula is C22H34N2O4. The summed E-state index contributed by atoms with van der Waals surface area (Å²) in [6.45, 7) is 10.5. The molecule has 0 bridgehead atoms. The maximum atomic E-state index is 12.7. The highest BCUT2D eigenvalue weighted by molar-refractivity contribution is 5.76. The van der Waals surface area contributed by atoms with E-state index in [1.54, 1.807) is 10.5 Å². The first-order valence-corrected chi connectivity index (χ1v) is 11.0. The second-order valence-electron chi connectivity index (χ2n) is 9.33. The molecule has 0 radical (unpaired) electrons. The molecule has 0 aromatic carbocycles. The first kappa shape index (κ1) is 19.7. The minimum Gasteiger partial charge on any atom is -0.461 e. The lowest BCUT2D eigenvalue weighted by molar-refractivity contribution is -0.145. The van der Waals surface area contributed by atoms with Gasteiger partial charge >= 0.3 is 12.1 Å². The second kappa shape index (κ2) is 7.69. The van der Waals surface area contributed by atoms with E-state index >= 15 is 0 Å². The smallest absolute Gasteiger partial charge is 0.409 e. The summed E-state index contributed by atoms with van der Waals surface area (Å²) in [5, 5.41) is 0. The van der Waals surface area contributed by atoms with Gasteiger partial charge in [0.15, 0.2) is 0 Å². The maximum absolute atomic E-state index is 12.7. The predicted molar refractivity (Wildman–Crippen MR) is 106 cm³/mol. The lowest BCUT2D eigenvalue weighted by Crippen LogP contribution is -2.50. The third-order valence-electron chi connectivity index (χ3n) is 7.43. The second-order valence-corrected chi connectivity index (χ2v) is 9.33. The zero-order valence-corrected chi connectivity index (χ0v) is 17.5. The molecule has 0 aromatic heterocycles. The topological polar surface area (TPSA) is 59.1 Å². The Bertz CT molecular complexity index is 655. The van der Waals surface area contributed by atoms with Gasteiger partial charge in [-0.25, -0.2) is 4.79 Å². The molecule has 2 aliphatic heterocycles. The molecule has 2 saturated heterocycles. The number of rotatable bonds is 3. The van der Waals surface area contributed by atoms with E-state index in [9.17, 15) is 9.59 Å². The number of nitrogens with zero attached hydrogens (tertiary/aromatic N) is 2. The molecule has 1 amide bonds. The average Bonchev–Trinajstić information content (AvgIpc) is 2.95. The van der Waals surface area contributed by atoms with Crippen LogP contribution >= 0.6 is 0 Å². The van der Waals surface area contributed by atoms with E-state index in [1.807, 2.05) is 6.92 Å². The van der Waals surface area contributed by atoms with Gasteiger partial charge < -0.3 is 14.4 Å². The Kier molecular flexibility index (Phi) is 5.43. The normalized spacial score (nSPS) is 38.3. The molecule has 6 heteroatoms. The van der Waals surface area contributed by atoms with Crippen molar-refractivity contribution >= 4 is 12.1 Å². The van der Waals surface area contributed by atoms with Crippen LogP contribution in [0.3, 0.4) is 0 Å². The van der Waals surface area contributed by atoms with Crippen LogP contribution in [0.2, 0.25) is 0 Å². The number of carbonyl (C=O) groups is 2. The molecule has 0 N–H and O–H groups in total. The van der Waals surface area contributed by atoms with E-state index in [0.29, 0.717) is 25.6 Å². The minimum atomic E-state index is -0.231. The molecule has 28 heavy (non-hydrogen) atoms. The Morgan fingerprint density at radius 2 is 2.07 bits per heavy atom. The van der Waals surface area contributed by atoms with Crippen LogP contribution in [0.25, 0.3) is 0 Å². The van der Waals surface area contributed by atoms with Crippen molar-refractivity contribution in [2.24, 2.45) is 23.2 Å². The standard InChI is InChI=1S/C22H34N2O4/c1-4-27-21(26)24-10-8-23(9-11-24)14-17-16-12-18-15(2)6-5-7-22(18,3)13-19(16)28-20(17)25/h12,15-17,19H,4-11,13-14H2,1-3H3/t15-,16-,17-,19+,22-/m1/s1. The van der Waals surface area contributed by atoms with Crippen molar-refractivity contribution < 1.29 is 19.1 Å². The summed E-state index contributed by atoms with van der Waals surface area (Å²) in [5.74, 6) is 0.711. The van der Waals surface area contributed by atoms with Gasteiger partial charge in [-0.3, -0.25) is 9.69 Å². The fraction of sp³-hybridized carbons (Fsp3) is 0.818. The summed E-state index contributed by atoms with van der Waals surface area (Å²) in [7, 11) is 0.